The Morgan fingerprint density at radius 2 is 1.76 bits per heavy atom. The molecule has 3 heterocycles. The maximum atomic E-state index is 13.2. The number of fused-ring (bicyclic) bond motifs is 1. The maximum Gasteiger partial charge on any atom is 0.253 e. The summed E-state index contributed by atoms with van der Waals surface area (Å²) in [5.41, 5.74) is 2.09. The third-order valence-corrected chi connectivity index (χ3v) is 9.04. The summed E-state index contributed by atoms with van der Waals surface area (Å²) in [6, 6.07) is 14.7. The van der Waals surface area contributed by atoms with E-state index in [1.165, 1.54) is 10.4 Å². The number of nitrogens with zero attached hydrogens (tertiary/aromatic N) is 4. The van der Waals surface area contributed by atoms with Gasteiger partial charge in [-0.05, 0) is 44.0 Å². The van der Waals surface area contributed by atoms with Gasteiger partial charge in [0.1, 0.15) is 16.8 Å². The fourth-order valence-electron chi connectivity index (χ4n) is 4.96. The number of likely N-dealkylation sites (tertiary alicyclic amines) is 1. The fourth-order valence-corrected chi connectivity index (χ4v) is 6.88. The van der Waals surface area contributed by atoms with Gasteiger partial charge in [0.15, 0.2) is 0 Å². The number of imidazole rings is 1. The number of sulfonamides is 1. The lowest BCUT2D eigenvalue weighted by atomic mass is 10.0. The number of rotatable bonds is 4. The highest BCUT2D eigenvalue weighted by atomic mass is 35.5. The van der Waals surface area contributed by atoms with E-state index >= 15 is 0 Å². The lowest BCUT2D eigenvalue weighted by Crippen LogP contribution is -2.53. The molecule has 10 heteroatoms. The molecule has 34 heavy (non-hydrogen) atoms. The lowest BCUT2D eigenvalue weighted by molar-refractivity contribution is -0.148. The molecule has 2 aromatic carbocycles. The minimum Gasteiger partial charge on any atom is -0.366 e. The van der Waals surface area contributed by atoms with Crippen LogP contribution in [-0.4, -0.2) is 72.0 Å². The van der Waals surface area contributed by atoms with Crippen molar-refractivity contribution in [2.45, 2.75) is 36.8 Å². The number of piperidine rings is 1. The standard InChI is InChI=1S/C24H27ClN4O4S/c1-17-26-20-7-3-4-8-21(20)29(17)18-10-12-27(13-11-18)24(30)22-16-28(14-15-33-22)34(31,32)23-9-5-2-6-19(23)25/h2-9,18,22H,10-16H2,1H3/t22-/m0/s1. The van der Waals surface area contributed by atoms with Gasteiger partial charge < -0.3 is 14.2 Å². The number of amides is 1. The van der Waals surface area contributed by atoms with Gasteiger partial charge in [-0.25, -0.2) is 13.4 Å². The van der Waals surface area contributed by atoms with Crippen molar-refractivity contribution in [1.82, 2.24) is 18.8 Å². The topological polar surface area (TPSA) is 84.7 Å². The summed E-state index contributed by atoms with van der Waals surface area (Å²) in [6.07, 6.45) is 0.793. The lowest BCUT2D eigenvalue weighted by Gasteiger charge is -2.38. The second-order valence-electron chi connectivity index (χ2n) is 8.73. The Labute approximate surface area is 204 Å². The first-order valence-electron chi connectivity index (χ1n) is 11.4. The number of hydrogen-bond acceptors (Lipinski definition) is 5. The third-order valence-electron chi connectivity index (χ3n) is 6.67. The number of morpholine rings is 1. The highest BCUT2D eigenvalue weighted by Crippen LogP contribution is 2.30. The SMILES string of the molecule is Cc1nc2ccccc2n1C1CCN(C(=O)[C@@H]2CN(S(=O)(=O)c3ccccc3Cl)CCO2)CC1. The van der Waals surface area contributed by atoms with Crippen LogP contribution in [0.4, 0.5) is 0 Å². The zero-order valence-electron chi connectivity index (χ0n) is 18.9. The average Bonchev–Trinajstić information content (AvgIpc) is 3.19. The molecule has 0 spiro atoms. The van der Waals surface area contributed by atoms with Gasteiger partial charge >= 0.3 is 0 Å². The van der Waals surface area contributed by atoms with Crippen LogP contribution < -0.4 is 0 Å². The first kappa shape index (κ1) is 23.3. The van der Waals surface area contributed by atoms with Crippen molar-refractivity contribution in [1.29, 1.82) is 0 Å². The van der Waals surface area contributed by atoms with Gasteiger partial charge in [-0.2, -0.15) is 4.31 Å². The number of aryl methyl sites for hydroxylation is 1. The predicted octanol–water partition coefficient (Wildman–Crippen LogP) is 3.25. The molecule has 8 nitrogen and oxygen atoms in total. The van der Waals surface area contributed by atoms with E-state index in [2.05, 4.69) is 15.6 Å². The second-order valence-corrected chi connectivity index (χ2v) is 11.0. The minimum absolute atomic E-state index is 0.0163. The summed E-state index contributed by atoms with van der Waals surface area (Å²) in [7, 11) is -3.81. The molecule has 2 aliphatic rings. The molecule has 0 N–H and O–H groups in total. The second kappa shape index (κ2) is 9.30. The zero-order valence-corrected chi connectivity index (χ0v) is 20.5. The van der Waals surface area contributed by atoms with Gasteiger partial charge in [-0.15, -0.1) is 0 Å². The van der Waals surface area contributed by atoms with Crippen LogP contribution in [0.2, 0.25) is 5.02 Å². The number of aromatic nitrogens is 2. The fraction of sp³-hybridized carbons (Fsp3) is 0.417. The van der Waals surface area contributed by atoms with E-state index in [1.54, 1.807) is 23.1 Å². The molecular formula is C24H27ClN4O4S. The monoisotopic (exact) mass is 502 g/mol. The van der Waals surface area contributed by atoms with Gasteiger partial charge in [0, 0.05) is 32.2 Å². The third kappa shape index (κ3) is 4.22. The first-order chi connectivity index (χ1) is 16.4. The quantitative estimate of drug-likeness (QED) is 0.546. The molecular weight excluding hydrogens is 476 g/mol. The predicted molar refractivity (Wildman–Crippen MR) is 129 cm³/mol. The van der Waals surface area contributed by atoms with Crippen LogP contribution in [0.1, 0.15) is 24.7 Å². The van der Waals surface area contributed by atoms with Crippen molar-refractivity contribution < 1.29 is 17.9 Å². The summed E-state index contributed by atoms with van der Waals surface area (Å²) in [5, 5.41) is 0.168. The zero-order chi connectivity index (χ0) is 23.9. The Hall–Kier alpha value is -2.46. The van der Waals surface area contributed by atoms with E-state index in [-0.39, 0.29) is 41.6 Å². The summed E-state index contributed by atoms with van der Waals surface area (Å²) < 4.78 is 35.5. The van der Waals surface area contributed by atoms with E-state index in [0.717, 1.165) is 29.7 Å². The number of carbonyl (C=O) groups excluding carboxylic acids is 1. The molecule has 2 saturated heterocycles. The first-order valence-corrected chi connectivity index (χ1v) is 13.3. The largest absolute Gasteiger partial charge is 0.366 e. The van der Waals surface area contributed by atoms with Gasteiger partial charge in [0.25, 0.3) is 5.91 Å². The van der Waals surface area contributed by atoms with Gasteiger partial charge in [-0.1, -0.05) is 35.9 Å². The molecule has 0 unspecified atom stereocenters. The number of ether oxygens (including phenoxy) is 1. The average molecular weight is 503 g/mol. The molecule has 0 saturated carbocycles. The number of carbonyl (C=O) groups is 1. The van der Waals surface area contributed by atoms with Gasteiger partial charge in [-0.3, -0.25) is 4.79 Å². The van der Waals surface area contributed by atoms with Crippen molar-refractivity contribution in [2.24, 2.45) is 0 Å². The molecule has 3 aromatic rings. The molecule has 2 fully saturated rings. The van der Waals surface area contributed by atoms with Crippen molar-refractivity contribution >= 4 is 38.6 Å². The Bertz CT molecular complexity index is 1320. The molecule has 1 amide bonds. The van der Waals surface area contributed by atoms with E-state index < -0.39 is 16.1 Å². The number of halogens is 1. The Morgan fingerprint density at radius 1 is 1.06 bits per heavy atom. The van der Waals surface area contributed by atoms with E-state index in [9.17, 15) is 13.2 Å². The van der Waals surface area contributed by atoms with Crippen LogP contribution >= 0.6 is 11.6 Å². The molecule has 1 atom stereocenters. The summed E-state index contributed by atoms with van der Waals surface area (Å²) in [6.45, 7) is 3.53. The highest BCUT2D eigenvalue weighted by molar-refractivity contribution is 7.89. The normalized spacial score (nSPS) is 20.6. The van der Waals surface area contributed by atoms with Crippen molar-refractivity contribution in [3.05, 3.63) is 59.4 Å². The molecule has 1 aromatic heterocycles. The summed E-state index contributed by atoms with van der Waals surface area (Å²) >= 11 is 6.13. The maximum absolute atomic E-state index is 13.2. The Morgan fingerprint density at radius 3 is 2.53 bits per heavy atom. The summed E-state index contributed by atoms with van der Waals surface area (Å²) in [4.78, 5) is 19.7. The van der Waals surface area contributed by atoms with Crippen molar-refractivity contribution in [3.63, 3.8) is 0 Å². The van der Waals surface area contributed by atoms with Gasteiger partial charge in [0.2, 0.25) is 10.0 Å². The van der Waals surface area contributed by atoms with Crippen LogP contribution in [0.15, 0.2) is 53.4 Å². The van der Waals surface area contributed by atoms with Crippen LogP contribution in [0.5, 0.6) is 0 Å². The molecule has 0 bridgehead atoms. The Balaban J connectivity index is 1.26. The highest BCUT2D eigenvalue weighted by Gasteiger charge is 2.37. The molecule has 2 aliphatic heterocycles. The molecule has 0 radical (unpaired) electrons. The number of para-hydroxylation sites is 2. The van der Waals surface area contributed by atoms with Crippen LogP contribution in [-0.2, 0) is 19.6 Å². The van der Waals surface area contributed by atoms with Crippen molar-refractivity contribution in [3.8, 4) is 0 Å². The van der Waals surface area contributed by atoms with E-state index in [1.807, 2.05) is 25.1 Å². The van der Waals surface area contributed by atoms with Crippen LogP contribution in [0, 0.1) is 6.92 Å². The van der Waals surface area contributed by atoms with Crippen LogP contribution in [0.3, 0.4) is 0 Å². The smallest absolute Gasteiger partial charge is 0.253 e. The molecule has 180 valence electrons. The Kier molecular flexibility index (Phi) is 6.37. The van der Waals surface area contributed by atoms with E-state index in [4.69, 9.17) is 16.3 Å². The number of hydrogen-bond donors (Lipinski definition) is 0. The molecule has 0 aliphatic carbocycles. The minimum atomic E-state index is -3.81. The van der Waals surface area contributed by atoms with Crippen molar-refractivity contribution in [2.75, 3.05) is 32.8 Å². The van der Waals surface area contributed by atoms with Gasteiger partial charge in [0.05, 0.1) is 22.7 Å². The van der Waals surface area contributed by atoms with Crippen LogP contribution in [0.25, 0.3) is 11.0 Å². The van der Waals surface area contributed by atoms with E-state index in [0.29, 0.717) is 13.1 Å². The molecule has 5 rings (SSSR count). The number of benzene rings is 2. The summed E-state index contributed by atoms with van der Waals surface area (Å²) in [5.74, 6) is 0.812.